The fourth-order valence-corrected chi connectivity index (χ4v) is 4.77. The van der Waals surface area contributed by atoms with Gasteiger partial charge >= 0.3 is 6.01 Å². The van der Waals surface area contributed by atoms with E-state index >= 15 is 0 Å². The van der Waals surface area contributed by atoms with Gasteiger partial charge in [0.2, 0.25) is 11.8 Å². The number of fused-ring (bicyclic) bond motifs is 1. The second-order valence-electron chi connectivity index (χ2n) is 8.85. The SMILES string of the molecule is C[C@H](Nc1nnc([C@H]2CCc3ccccc3C2)o1)C(=O)N1CCC2(CC1)CC2. The Morgan fingerprint density at radius 2 is 1.93 bits per heavy atom. The Balaban J connectivity index is 1.19. The lowest BCUT2D eigenvalue weighted by atomic mass is 9.84. The molecule has 0 bridgehead atoms. The van der Waals surface area contributed by atoms with Crippen LogP contribution in [0.15, 0.2) is 28.7 Å². The molecule has 1 spiro atoms. The standard InChI is InChI=1S/C22H28N4O2/c1-15(20(27)26-12-10-22(8-9-22)11-13-26)23-21-25-24-19(28-21)18-7-6-16-4-2-3-5-17(16)14-18/h2-5,15,18H,6-14H2,1H3,(H,23,25)/t15-,18-/m0/s1. The first-order chi connectivity index (χ1) is 13.6. The number of carbonyl (C=O) groups excluding carboxylic acids is 1. The van der Waals surface area contributed by atoms with Crippen LogP contribution < -0.4 is 5.32 Å². The molecule has 1 aromatic heterocycles. The van der Waals surface area contributed by atoms with Gasteiger partial charge in [-0.15, -0.1) is 5.10 Å². The van der Waals surface area contributed by atoms with Gasteiger partial charge < -0.3 is 14.6 Å². The molecule has 3 aliphatic rings. The third-order valence-electron chi connectivity index (χ3n) is 6.94. The highest BCUT2D eigenvalue weighted by molar-refractivity contribution is 5.83. The summed E-state index contributed by atoms with van der Waals surface area (Å²) in [4.78, 5) is 14.7. The van der Waals surface area contributed by atoms with Crippen LogP contribution in [0.2, 0.25) is 0 Å². The third-order valence-corrected chi connectivity index (χ3v) is 6.94. The van der Waals surface area contributed by atoms with Crippen molar-refractivity contribution < 1.29 is 9.21 Å². The number of aromatic nitrogens is 2. The quantitative estimate of drug-likeness (QED) is 0.878. The lowest BCUT2D eigenvalue weighted by Gasteiger charge is -2.33. The zero-order valence-electron chi connectivity index (χ0n) is 16.5. The summed E-state index contributed by atoms with van der Waals surface area (Å²) in [6.45, 7) is 3.63. The van der Waals surface area contributed by atoms with Crippen LogP contribution in [0.3, 0.4) is 0 Å². The molecule has 1 amide bonds. The van der Waals surface area contributed by atoms with Crippen LogP contribution in [0.25, 0.3) is 0 Å². The Labute approximate surface area is 165 Å². The highest BCUT2D eigenvalue weighted by Crippen LogP contribution is 2.53. The first kappa shape index (κ1) is 17.7. The number of piperidine rings is 1. The number of likely N-dealkylation sites (tertiary alicyclic amines) is 1. The van der Waals surface area contributed by atoms with E-state index in [0.717, 1.165) is 45.2 Å². The molecular formula is C22H28N4O2. The molecule has 2 aliphatic carbocycles. The molecule has 2 aromatic rings. The van der Waals surface area contributed by atoms with E-state index in [1.807, 2.05) is 11.8 Å². The van der Waals surface area contributed by atoms with Crippen LogP contribution in [0, 0.1) is 5.41 Å². The van der Waals surface area contributed by atoms with Gasteiger partial charge in [-0.3, -0.25) is 4.79 Å². The largest absolute Gasteiger partial charge is 0.408 e. The number of carbonyl (C=O) groups is 1. The van der Waals surface area contributed by atoms with E-state index in [9.17, 15) is 4.79 Å². The van der Waals surface area contributed by atoms with Gasteiger partial charge in [-0.25, -0.2) is 0 Å². The zero-order valence-corrected chi connectivity index (χ0v) is 16.5. The molecule has 5 rings (SSSR count). The van der Waals surface area contributed by atoms with Crippen molar-refractivity contribution in [2.24, 2.45) is 5.41 Å². The van der Waals surface area contributed by atoms with Crippen molar-refractivity contribution in [1.29, 1.82) is 0 Å². The predicted octanol–water partition coefficient (Wildman–Crippen LogP) is 3.55. The van der Waals surface area contributed by atoms with Crippen molar-refractivity contribution in [1.82, 2.24) is 15.1 Å². The van der Waals surface area contributed by atoms with Gasteiger partial charge in [0, 0.05) is 19.0 Å². The highest BCUT2D eigenvalue weighted by Gasteiger charge is 2.45. The summed E-state index contributed by atoms with van der Waals surface area (Å²) in [6, 6.07) is 8.56. The first-order valence-electron chi connectivity index (χ1n) is 10.6. The van der Waals surface area contributed by atoms with E-state index in [-0.39, 0.29) is 17.9 Å². The van der Waals surface area contributed by atoms with Gasteiger partial charge in [-0.1, -0.05) is 29.4 Å². The van der Waals surface area contributed by atoms with E-state index in [1.54, 1.807) is 0 Å². The minimum Gasteiger partial charge on any atom is -0.408 e. The number of benzene rings is 1. The Morgan fingerprint density at radius 1 is 1.18 bits per heavy atom. The number of nitrogens with one attached hydrogen (secondary N) is 1. The lowest BCUT2D eigenvalue weighted by molar-refractivity contribution is -0.133. The fourth-order valence-electron chi connectivity index (χ4n) is 4.77. The van der Waals surface area contributed by atoms with Gasteiger partial charge in [0.05, 0.1) is 0 Å². The molecule has 2 fully saturated rings. The fraction of sp³-hybridized carbons (Fsp3) is 0.591. The number of hydrogen-bond acceptors (Lipinski definition) is 5. The van der Waals surface area contributed by atoms with Crippen LogP contribution in [0.5, 0.6) is 0 Å². The highest BCUT2D eigenvalue weighted by atomic mass is 16.4. The third kappa shape index (κ3) is 3.40. The van der Waals surface area contributed by atoms with Crippen LogP contribution in [0.1, 0.15) is 62.0 Å². The zero-order chi connectivity index (χ0) is 19.1. The van der Waals surface area contributed by atoms with Crippen LogP contribution in [-0.2, 0) is 17.6 Å². The summed E-state index contributed by atoms with van der Waals surface area (Å²) in [7, 11) is 0. The second kappa shape index (κ2) is 6.90. The van der Waals surface area contributed by atoms with Gasteiger partial charge in [0.15, 0.2) is 0 Å². The number of nitrogens with zero attached hydrogens (tertiary/aromatic N) is 3. The van der Waals surface area contributed by atoms with Gasteiger partial charge in [0.25, 0.3) is 0 Å². The van der Waals surface area contributed by atoms with E-state index in [0.29, 0.717) is 17.3 Å². The molecule has 0 radical (unpaired) electrons. The van der Waals surface area contributed by atoms with Crippen LogP contribution in [-0.4, -0.2) is 40.1 Å². The molecule has 148 valence electrons. The summed E-state index contributed by atoms with van der Waals surface area (Å²) in [5.74, 6) is 1.05. The molecule has 6 nitrogen and oxygen atoms in total. The summed E-state index contributed by atoms with van der Waals surface area (Å²) in [5.41, 5.74) is 3.37. The van der Waals surface area contributed by atoms with E-state index < -0.39 is 0 Å². The number of aryl methyl sites for hydroxylation is 1. The van der Waals surface area contributed by atoms with E-state index in [4.69, 9.17) is 4.42 Å². The molecule has 28 heavy (non-hydrogen) atoms. The van der Waals surface area contributed by atoms with Crippen molar-refractivity contribution in [3.8, 4) is 0 Å². The maximum atomic E-state index is 12.8. The summed E-state index contributed by atoms with van der Waals surface area (Å²) < 4.78 is 5.89. The van der Waals surface area contributed by atoms with Crippen LogP contribution in [0.4, 0.5) is 6.01 Å². The average Bonchev–Trinajstić information content (AvgIpc) is 3.31. The van der Waals surface area contributed by atoms with Crippen molar-refractivity contribution in [2.45, 2.75) is 63.8 Å². The topological polar surface area (TPSA) is 71.3 Å². The van der Waals surface area contributed by atoms with Gasteiger partial charge in [0.1, 0.15) is 6.04 Å². The Hall–Kier alpha value is -2.37. The molecule has 1 N–H and O–H groups in total. The van der Waals surface area contributed by atoms with Crippen molar-refractivity contribution in [3.05, 3.63) is 41.3 Å². The lowest BCUT2D eigenvalue weighted by Crippen LogP contribution is -2.45. The maximum absolute atomic E-state index is 12.8. The van der Waals surface area contributed by atoms with Gasteiger partial charge in [-0.2, -0.15) is 0 Å². The maximum Gasteiger partial charge on any atom is 0.316 e. The Morgan fingerprint density at radius 3 is 2.68 bits per heavy atom. The summed E-state index contributed by atoms with van der Waals surface area (Å²) >= 11 is 0. The molecule has 2 heterocycles. The molecule has 1 saturated heterocycles. The Bertz CT molecular complexity index is 863. The van der Waals surface area contributed by atoms with Crippen molar-refractivity contribution >= 4 is 11.9 Å². The van der Waals surface area contributed by atoms with Crippen molar-refractivity contribution in [2.75, 3.05) is 18.4 Å². The van der Waals surface area contributed by atoms with E-state index in [1.165, 1.54) is 24.0 Å². The van der Waals surface area contributed by atoms with Crippen LogP contribution >= 0.6 is 0 Å². The molecule has 1 aromatic carbocycles. The monoisotopic (exact) mass is 380 g/mol. The predicted molar refractivity (Wildman–Crippen MR) is 106 cm³/mol. The minimum atomic E-state index is -0.353. The summed E-state index contributed by atoms with van der Waals surface area (Å²) in [6.07, 6.45) is 7.99. The normalized spacial score (nSPS) is 23.9. The number of rotatable bonds is 4. The summed E-state index contributed by atoms with van der Waals surface area (Å²) in [5, 5.41) is 11.5. The second-order valence-corrected chi connectivity index (χ2v) is 8.85. The number of amides is 1. The molecule has 1 aliphatic heterocycles. The number of hydrogen-bond donors (Lipinski definition) is 1. The minimum absolute atomic E-state index is 0.127. The van der Waals surface area contributed by atoms with Gasteiger partial charge in [-0.05, 0) is 68.4 Å². The molecular weight excluding hydrogens is 352 g/mol. The van der Waals surface area contributed by atoms with E-state index in [2.05, 4.69) is 39.8 Å². The first-order valence-corrected chi connectivity index (χ1v) is 10.6. The smallest absolute Gasteiger partial charge is 0.316 e. The number of anilines is 1. The Kier molecular flexibility index (Phi) is 4.37. The van der Waals surface area contributed by atoms with Crippen molar-refractivity contribution in [3.63, 3.8) is 0 Å². The molecule has 6 heteroatoms. The molecule has 0 unspecified atom stereocenters. The molecule has 1 saturated carbocycles. The average molecular weight is 380 g/mol. The molecule has 2 atom stereocenters.